The summed E-state index contributed by atoms with van der Waals surface area (Å²) in [7, 11) is -5.01. The van der Waals surface area contributed by atoms with Crippen molar-refractivity contribution in [3.05, 3.63) is 54.1 Å². The largest absolute Gasteiger partial charge is 0.726 e. The first-order valence-electron chi connectivity index (χ1n) is 14.7. The summed E-state index contributed by atoms with van der Waals surface area (Å²) in [5.41, 5.74) is 1.06. The zero-order valence-electron chi connectivity index (χ0n) is 25.0. The van der Waals surface area contributed by atoms with E-state index in [4.69, 9.17) is 24.1 Å². The van der Waals surface area contributed by atoms with Gasteiger partial charge in [0.05, 0.1) is 39.1 Å². The zero-order chi connectivity index (χ0) is 32.8. The van der Waals surface area contributed by atoms with Gasteiger partial charge in [-0.2, -0.15) is 0 Å². The highest BCUT2D eigenvalue weighted by molar-refractivity contribution is 7.80. The van der Waals surface area contributed by atoms with Crippen LogP contribution in [0.5, 0.6) is 0 Å². The van der Waals surface area contributed by atoms with E-state index >= 15 is 0 Å². The number of aliphatic hydroxyl groups is 2. The Morgan fingerprint density at radius 1 is 1.07 bits per heavy atom. The van der Waals surface area contributed by atoms with Crippen LogP contribution < -0.4 is 5.32 Å². The van der Waals surface area contributed by atoms with Crippen LogP contribution in [0.4, 0.5) is 0 Å². The number of carboxylic acids is 1. The molecule has 3 rings (SSSR count). The lowest BCUT2D eigenvalue weighted by Crippen LogP contribution is -2.55. The summed E-state index contributed by atoms with van der Waals surface area (Å²) < 4.78 is 58.1. The maximum Gasteiger partial charge on any atom is 0.329 e. The first-order valence-corrected chi connectivity index (χ1v) is 16.1. The Kier molecular flexibility index (Phi) is 15.0. The van der Waals surface area contributed by atoms with Crippen molar-refractivity contribution in [2.75, 3.05) is 46.2 Å². The van der Waals surface area contributed by atoms with Gasteiger partial charge in [0.2, 0.25) is 16.3 Å². The number of allylic oxidation sites excluding steroid dienone is 2. The minimum Gasteiger partial charge on any atom is -0.726 e. The third kappa shape index (κ3) is 12.9. The van der Waals surface area contributed by atoms with Crippen LogP contribution in [-0.2, 0) is 43.1 Å². The van der Waals surface area contributed by atoms with Crippen LogP contribution in [0.1, 0.15) is 25.3 Å². The summed E-state index contributed by atoms with van der Waals surface area (Å²) in [6.45, 7) is 1.11. The number of carboxylic acid groups (broad SMARTS) is 1. The molecule has 1 aliphatic carbocycles. The van der Waals surface area contributed by atoms with E-state index in [1.54, 1.807) is 0 Å². The Labute approximate surface area is 262 Å². The van der Waals surface area contributed by atoms with Crippen LogP contribution in [-0.4, -0.2) is 111 Å². The lowest BCUT2D eigenvalue weighted by molar-refractivity contribution is -0.285. The van der Waals surface area contributed by atoms with E-state index in [0.29, 0.717) is 6.42 Å². The molecule has 1 aliphatic heterocycles. The molecule has 45 heavy (non-hydrogen) atoms. The molecule has 1 saturated carbocycles. The molecule has 1 aromatic rings. The van der Waals surface area contributed by atoms with Crippen LogP contribution in [0.15, 0.2) is 48.6 Å². The van der Waals surface area contributed by atoms with Gasteiger partial charge in [-0.25, -0.2) is 13.2 Å². The lowest BCUT2D eigenvalue weighted by Gasteiger charge is -2.41. The molecule has 0 bridgehead atoms. The van der Waals surface area contributed by atoms with Gasteiger partial charge in [0, 0.05) is 18.4 Å². The van der Waals surface area contributed by atoms with E-state index < -0.39 is 53.5 Å². The molecule has 8 atom stereocenters. The summed E-state index contributed by atoms with van der Waals surface area (Å²) in [4.78, 5) is 23.7. The normalized spacial score (nSPS) is 29.0. The summed E-state index contributed by atoms with van der Waals surface area (Å²) in [5, 5.41) is 32.2. The van der Waals surface area contributed by atoms with E-state index in [9.17, 15) is 32.8 Å². The number of ether oxygens (including phenoxy) is 4. The average molecular weight is 657 g/mol. The third-order valence-corrected chi connectivity index (χ3v) is 8.07. The van der Waals surface area contributed by atoms with Crippen molar-refractivity contribution in [3.8, 4) is 0 Å². The predicted octanol–water partition coefficient (Wildman–Crippen LogP) is 0.709. The molecule has 2 aliphatic rings. The van der Waals surface area contributed by atoms with Crippen LogP contribution >= 0.6 is 0 Å². The molecule has 1 amide bonds. The minimum atomic E-state index is -5.01. The molecule has 0 radical (unpaired) electrons. The predicted molar refractivity (Wildman–Crippen MR) is 158 cm³/mol. The summed E-state index contributed by atoms with van der Waals surface area (Å²) >= 11 is 0. The molecule has 8 unspecified atom stereocenters. The van der Waals surface area contributed by atoms with Gasteiger partial charge in [-0.3, -0.25) is 8.98 Å². The maximum absolute atomic E-state index is 13.2. The van der Waals surface area contributed by atoms with Gasteiger partial charge in [0.25, 0.3) is 0 Å². The van der Waals surface area contributed by atoms with Crippen molar-refractivity contribution in [1.82, 2.24) is 5.32 Å². The third-order valence-electron chi connectivity index (χ3n) is 7.65. The number of hydrogen-bond acceptors (Lipinski definition) is 12. The Morgan fingerprint density at radius 3 is 2.51 bits per heavy atom. The highest BCUT2D eigenvalue weighted by atomic mass is 32.3. The fraction of sp³-hybridized carbons (Fsp3) is 0.600. The Bertz CT molecular complexity index is 1230. The van der Waals surface area contributed by atoms with E-state index in [2.05, 4.69) is 15.6 Å². The lowest BCUT2D eigenvalue weighted by atomic mass is 9.91. The van der Waals surface area contributed by atoms with Gasteiger partial charge in [-0.1, -0.05) is 61.6 Å². The van der Waals surface area contributed by atoms with Crippen molar-refractivity contribution in [2.45, 2.75) is 44.4 Å². The number of aliphatic carboxylic acids is 1. The van der Waals surface area contributed by atoms with Gasteiger partial charge in [-0.15, -0.1) is 0 Å². The van der Waals surface area contributed by atoms with Gasteiger partial charge in [0.15, 0.2) is 6.29 Å². The standard InChI is InChI=1S/C30H43NO13S/c1-20-27(34)25(18-43-45(37,38)39)44-30(28(20)35)42-13-11-31-29(36)24-17-22(10-9-21-6-3-2-4-7-21)16-23(24)8-5-12-40-14-15-41-19-26(32)33/h2-10,20,22-25,27-28,30,34-35H,11-19H2,1H3,(H,31,36)(H,32,33)(H,37,38,39)/p-1/b8-5+,10-9+. The highest BCUT2D eigenvalue weighted by Gasteiger charge is 2.43. The molecule has 1 heterocycles. The van der Waals surface area contributed by atoms with E-state index in [1.165, 1.54) is 6.92 Å². The second-order valence-corrected chi connectivity index (χ2v) is 12.0. The number of carbonyl (C=O) groups is 2. The molecule has 252 valence electrons. The molecule has 4 N–H and O–H groups in total. The highest BCUT2D eigenvalue weighted by Crippen LogP contribution is 2.38. The van der Waals surface area contributed by atoms with Gasteiger partial charge in [-0.05, 0) is 30.2 Å². The number of carbonyl (C=O) groups excluding carboxylic acids is 1. The minimum absolute atomic E-state index is 0.0495. The van der Waals surface area contributed by atoms with Crippen molar-refractivity contribution in [2.24, 2.45) is 23.7 Å². The molecular formula is C30H42NO13S-. The number of hydrogen-bond donors (Lipinski definition) is 4. The zero-order valence-corrected chi connectivity index (χ0v) is 25.8. The topological polar surface area (TPSA) is 210 Å². The molecular weight excluding hydrogens is 614 g/mol. The summed E-state index contributed by atoms with van der Waals surface area (Å²) in [6.07, 6.45) is 4.31. The van der Waals surface area contributed by atoms with E-state index in [0.717, 1.165) is 12.0 Å². The van der Waals surface area contributed by atoms with Crippen LogP contribution in [0.2, 0.25) is 0 Å². The summed E-state index contributed by atoms with van der Waals surface area (Å²) in [5.74, 6) is -2.22. The van der Waals surface area contributed by atoms with Crippen molar-refractivity contribution in [1.29, 1.82) is 0 Å². The molecule has 14 nitrogen and oxygen atoms in total. The van der Waals surface area contributed by atoms with Crippen LogP contribution in [0.3, 0.4) is 0 Å². The summed E-state index contributed by atoms with van der Waals surface area (Å²) in [6, 6.07) is 9.85. The van der Waals surface area contributed by atoms with Crippen molar-refractivity contribution >= 4 is 28.4 Å². The monoisotopic (exact) mass is 656 g/mol. The Hall–Kier alpha value is -2.73. The van der Waals surface area contributed by atoms with Gasteiger partial charge in [0.1, 0.15) is 18.8 Å². The average Bonchev–Trinajstić information content (AvgIpc) is 3.41. The number of rotatable bonds is 18. The molecule has 0 aromatic heterocycles. The Balaban J connectivity index is 1.51. The molecule has 1 saturated heterocycles. The van der Waals surface area contributed by atoms with Crippen molar-refractivity contribution < 1.29 is 61.0 Å². The second-order valence-electron chi connectivity index (χ2n) is 11.0. The Morgan fingerprint density at radius 2 is 1.80 bits per heavy atom. The van der Waals surface area contributed by atoms with Gasteiger partial charge >= 0.3 is 5.97 Å². The van der Waals surface area contributed by atoms with E-state index in [1.807, 2.05) is 48.6 Å². The fourth-order valence-electron chi connectivity index (χ4n) is 5.28. The number of amides is 1. The maximum atomic E-state index is 13.2. The fourth-order valence-corrected chi connectivity index (χ4v) is 5.58. The van der Waals surface area contributed by atoms with Gasteiger partial charge < -0.3 is 44.1 Å². The molecule has 0 spiro atoms. The SMILES string of the molecule is CC1C(O)C(COS(=O)(=O)[O-])OC(OCCNC(=O)C2CC(/C=C/c3ccccc3)CC2/C=C/COCCOCC(=O)O)C1O. The first kappa shape index (κ1) is 36.7. The smallest absolute Gasteiger partial charge is 0.329 e. The molecule has 2 fully saturated rings. The van der Waals surface area contributed by atoms with Crippen molar-refractivity contribution in [3.63, 3.8) is 0 Å². The number of nitrogens with one attached hydrogen (secondary N) is 1. The van der Waals surface area contributed by atoms with E-state index in [-0.39, 0.29) is 63.2 Å². The second kappa shape index (κ2) is 18.4. The quantitative estimate of drug-likeness (QED) is 0.0743. The van der Waals surface area contributed by atoms with Crippen LogP contribution in [0, 0.1) is 23.7 Å². The molecule has 1 aromatic carbocycles. The van der Waals surface area contributed by atoms with Crippen LogP contribution in [0.25, 0.3) is 6.08 Å². The number of benzene rings is 1. The molecule has 15 heteroatoms. The number of aliphatic hydroxyl groups excluding tert-OH is 2. The first-order chi connectivity index (χ1) is 21.4.